The molecule has 0 spiro atoms. The SMILES string of the molecule is CCN(CC)C(=O)c1ccc(Nc2nccn3c(-c4ccc(OC)cc4)cnc23)cc1C. The lowest BCUT2D eigenvalue weighted by Gasteiger charge is -2.20. The fourth-order valence-electron chi connectivity index (χ4n) is 3.78. The van der Waals surface area contributed by atoms with Crippen LogP contribution >= 0.6 is 0 Å². The van der Waals surface area contributed by atoms with Gasteiger partial charge in [-0.3, -0.25) is 9.20 Å². The Labute approximate surface area is 187 Å². The third-order valence-corrected chi connectivity index (χ3v) is 5.58. The van der Waals surface area contributed by atoms with Crippen LogP contribution in [-0.4, -0.2) is 45.4 Å². The normalized spacial score (nSPS) is 10.9. The number of aryl methyl sites for hydroxylation is 1. The molecule has 0 aliphatic rings. The van der Waals surface area contributed by atoms with E-state index in [1.807, 2.05) is 84.9 Å². The lowest BCUT2D eigenvalue weighted by molar-refractivity contribution is 0.0772. The van der Waals surface area contributed by atoms with E-state index in [0.29, 0.717) is 24.5 Å². The van der Waals surface area contributed by atoms with Gasteiger partial charge in [-0.1, -0.05) is 0 Å². The molecule has 4 aromatic rings. The molecule has 1 N–H and O–H groups in total. The number of nitrogens with one attached hydrogen (secondary N) is 1. The minimum atomic E-state index is 0.0525. The van der Waals surface area contributed by atoms with Gasteiger partial charge in [-0.25, -0.2) is 9.97 Å². The number of benzene rings is 2. The first-order valence-corrected chi connectivity index (χ1v) is 10.7. The van der Waals surface area contributed by atoms with Crippen molar-refractivity contribution in [1.29, 1.82) is 0 Å². The van der Waals surface area contributed by atoms with Crippen LogP contribution in [-0.2, 0) is 0 Å². The lowest BCUT2D eigenvalue weighted by atomic mass is 10.1. The molecule has 2 aromatic carbocycles. The van der Waals surface area contributed by atoms with E-state index in [0.717, 1.165) is 33.9 Å². The second kappa shape index (κ2) is 9.09. The summed E-state index contributed by atoms with van der Waals surface area (Å²) in [6, 6.07) is 13.6. The zero-order valence-corrected chi connectivity index (χ0v) is 18.8. The number of anilines is 2. The van der Waals surface area contributed by atoms with Gasteiger partial charge in [-0.15, -0.1) is 0 Å². The molecule has 0 fully saturated rings. The molecule has 0 atom stereocenters. The molecule has 0 bridgehead atoms. The summed E-state index contributed by atoms with van der Waals surface area (Å²) in [7, 11) is 1.65. The summed E-state index contributed by atoms with van der Waals surface area (Å²) in [4.78, 5) is 23.6. The van der Waals surface area contributed by atoms with Crippen molar-refractivity contribution in [3.8, 4) is 17.0 Å². The van der Waals surface area contributed by atoms with Crippen molar-refractivity contribution in [1.82, 2.24) is 19.3 Å². The third-order valence-electron chi connectivity index (χ3n) is 5.58. The Morgan fingerprint density at radius 2 is 1.84 bits per heavy atom. The fourth-order valence-corrected chi connectivity index (χ4v) is 3.78. The summed E-state index contributed by atoms with van der Waals surface area (Å²) in [5, 5.41) is 3.35. The van der Waals surface area contributed by atoms with E-state index in [4.69, 9.17) is 4.74 Å². The number of rotatable bonds is 7. The van der Waals surface area contributed by atoms with Crippen LogP contribution < -0.4 is 10.1 Å². The molecule has 0 saturated carbocycles. The molecule has 7 heteroatoms. The number of hydrogen-bond donors (Lipinski definition) is 1. The van der Waals surface area contributed by atoms with Crippen LogP contribution in [0.15, 0.2) is 61.1 Å². The van der Waals surface area contributed by atoms with Gasteiger partial charge in [0.25, 0.3) is 5.91 Å². The summed E-state index contributed by atoms with van der Waals surface area (Å²) >= 11 is 0. The second-order valence-corrected chi connectivity index (χ2v) is 7.47. The number of nitrogens with zero attached hydrogens (tertiary/aromatic N) is 4. The number of carbonyl (C=O) groups is 1. The maximum Gasteiger partial charge on any atom is 0.254 e. The van der Waals surface area contributed by atoms with Crippen LogP contribution in [0.5, 0.6) is 5.75 Å². The summed E-state index contributed by atoms with van der Waals surface area (Å²) in [5.74, 6) is 1.51. The number of methoxy groups -OCH3 is 1. The monoisotopic (exact) mass is 429 g/mol. The van der Waals surface area contributed by atoms with Crippen molar-refractivity contribution < 1.29 is 9.53 Å². The number of imidazole rings is 1. The van der Waals surface area contributed by atoms with Gasteiger partial charge in [0.1, 0.15) is 5.75 Å². The van der Waals surface area contributed by atoms with Crippen LogP contribution in [0.25, 0.3) is 16.9 Å². The molecule has 164 valence electrons. The maximum absolute atomic E-state index is 12.7. The van der Waals surface area contributed by atoms with Crippen molar-refractivity contribution in [2.75, 3.05) is 25.5 Å². The van der Waals surface area contributed by atoms with Gasteiger partial charge in [0.05, 0.1) is 19.0 Å². The number of aromatic nitrogens is 3. The predicted molar refractivity (Wildman–Crippen MR) is 127 cm³/mol. The Balaban J connectivity index is 1.63. The first-order valence-electron chi connectivity index (χ1n) is 10.7. The molecule has 0 saturated heterocycles. The van der Waals surface area contributed by atoms with E-state index in [2.05, 4.69) is 15.3 Å². The fraction of sp³-hybridized carbons (Fsp3) is 0.240. The standard InChI is InChI=1S/C25H27N5O2/c1-5-29(6-2)25(31)21-12-9-19(15-17(21)3)28-23-24-27-16-22(30(24)14-13-26-23)18-7-10-20(32-4)11-8-18/h7-16H,5-6H2,1-4H3,(H,26,28). The Morgan fingerprint density at radius 1 is 1.09 bits per heavy atom. The molecule has 2 aromatic heterocycles. The van der Waals surface area contributed by atoms with Gasteiger partial charge in [0.2, 0.25) is 0 Å². The third kappa shape index (κ3) is 4.01. The highest BCUT2D eigenvalue weighted by atomic mass is 16.5. The van der Waals surface area contributed by atoms with Crippen LogP contribution in [0.2, 0.25) is 0 Å². The number of ether oxygens (including phenoxy) is 1. The topological polar surface area (TPSA) is 71.8 Å². The zero-order chi connectivity index (χ0) is 22.7. The van der Waals surface area contributed by atoms with Crippen molar-refractivity contribution in [2.24, 2.45) is 0 Å². The lowest BCUT2D eigenvalue weighted by Crippen LogP contribution is -2.30. The number of fused-ring (bicyclic) bond motifs is 1. The van der Waals surface area contributed by atoms with Gasteiger partial charge in [0.15, 0.2) is 11.5 Å². The highest BCUT2D eigenvalue weighted by Gasteiger charge is 2.16. The average molecular weight is 430 g/mol. The average Bonchev–Trinajstić information content (AvgIpc) is 3.25. The van der Waals surface area contributed by atoms with E-state index in [-0.39, 0.29) is 5.91 Å². The minimum absolute atomic E-state index is 0.0525. The number of amides is 1. The van der Waals surface area contributed by atoms with Gasteiger partial charge in [0, 0.05) is 42.3 Å². The predicted octanol–water partition coefficient (Wildman–Crippen LogP) is 4.94. The van der Waals surface area contributed by atoms with Crippen LogP contribution in [0.4, 0.5) is 11.5 Å². The summed E-state index contributed by atoms with van der Waals surface area (Å²) in [5.41, 5.74) is 5.21. The highest BCUT2D eigenvalue weighted by Crippen LogP contribution is 2.27. The molecule has 7 nitrogen and oxygen atoms in total. The zero-order valence-electron chi connectivity index (χ0n) is 18.8. The molecule has 0 radical (unpaired) electrons. The molecular formula is C25H27N5O2. The maximum atomic E-state index is 12.7. The van der Waals surface area contributed by atoms with Crippen LogP contribution in [0, 0.1) is 6.92 Å². The van der Waals surface area contributed by atoms with E-state index in [1.165, 1.54) is 0 Å². The van der Waals surface area contributed by atoms with E-state index < -0.39 is 0 Å². The van der Waals surface area contributed by atoms with Crippen LogP contribution in [0.1, 0.15) is 29.8 Å². The molecule has 0 aliphatic heterocycles. The Kier molecular flexibility index (Phi) is 6.07. The number of hydrogen-bond acceptors (Lipinski definition) is 5. The molecule has 0 unspecified atom stereocenters. The van der Waals surface area contributed by atoms with Gasteiger partial charge >= 0.3 is 0 Å². The van der Waals surface area contributed by atoms with E-state index in [9.17, 15) is 4.79 Å². The summed E-state index contributed by atoms with van der Waals surface area (Å²) in [6.45, 7) is 7.31. The molecular weight excluding hydrogens is 402 g/mol. The Morgan fingerprint density at radius 3 is 2.50 bits per heavy atom. The largest absolute Gasteiger partial charge is 0.497 e. The smallest absolute Gasteiger partial charge is 0.254 e. The van der Waals surface area contributed by atoms with E-state index in [1.54, 1.807) is 13.3 Å². The van der Waals surface area contributed by atoms with Gasteiger partial charge < -0.3 is 15.0 Å². The second-order valence-electron chi connectivity index (χ2n) is 7.47. The first kappa shape index (κ1) is 21.4. The Bertz CT molecular complexity index is 1240. The van der Waals surface area contributed by atoms with E-state index >= 15 is 0 Å². The molecule has 32 heavy (non-hydrogen) atoms. The highest BCUT2D eigenvalue weighted by molar-refractivity contribution is 5.96. The first-order chi connectivity index (χ1) is 15.5. The quantitative estimate of drug-likeness (QED) is 0.451. The van der Waals surface area contributed by atoms with Crippen LogP contribution in [0.3, 0.4) is 0 Å². The Hall–Kier alpha value is -3.87. The van der Waals surface area contributed by atoms with Crippen molar-refractivity contribution >= 4 is 23.1 Å². The minimum Gasteiger partial charge on any atom is -0.497 e. The molecule has 4 rings (SSSR count). The molecule has 0 aliphatic carbocycles. The molecule has 1 amide bonds. The van der Waals surface area contributed by atoms with Crippen molar-refractivity contribution in [3.63, 3.8) is 0 Å². The van der Waals surface area contributed by atoms with Crippen molar-refractivity contribution in [3.05, 3.63) is 72.2 Å². The summed E-state index contributed by atoms with van der Waals surface area (Å²) in [6.07, 6.45) is 5.47. The van der Waals surface area contributed by atoms with Gasteiger partial charge in [-0.05, 0) is 68.8 Å². The summed E-state index contributed by atoms with van der Waals surface area (Å²) < 4.78 is 7.25. The number of carbonyl (C=O) groups excluding carboxylic acids is 1. The van der Waals surface area contributed by atoms with Gasteiger partial charge in [-0.2, -0.15) is 0 Å². The van der Waals surface area contributed by atoms with Crippen molar-refractivity contribution in [2.45, 2.75) is 20.8 Å². The molecule has 2 heterocycles.